The van der Waals surface area contributed by atoms with Gasteiger partial charge in [-0.3, -0.25) is 9.88 Å². The third kappa shape index (κ3) is 3.93. The number of benzene rings is 1. The number of fused-ring (bicyclic) bond motifs is 1. The lowest BCUT2D eigenvalue weighted by molar-refractivity contribution is 0.0670. The predicted molar refractivity (Wildman–Crippen MR) is 105 cm³/mol. The average molecular weight is 370 g/mol. The first kappa shape index (κ1) is 17.5. The lowest BCUT2D eigenvalue weighted by Gasteiger charge is -2.25. The van der Waals surface area contributed by atoms with Crippen LogP contribution in [0.1, 0.15) is 29.8 Å². The molecule has 0 spiro atoms. The lowest BCUT2D eigenvalue weighted by Crippen LogP contribution is -2.32. The molecule has 136 valence electrons. The van der Waals surface area contributed by atoms with Crippen LogP contribution in [0, 0.1) is 6.92 Å². The second-order valence-corrected chi connectivity index (χ2v) is 7.48. The maximum absolute atomic E-state index is 6.18. The van der Waals surface area contributed by atoms with Gasteiger partial charge in [-0.15, -0.1) is 0 Å². The quantitative estimate of drug-likeness (QED) is 0.684. The molecule has 4 rings (SSSR count). The van der Waals surface area contributed by atoms with Crippen LogP contribution in [0.15, 0.2) is 42.6 Å². The van der Waals surface area contributed by atoms with Crippen LogP contribution in [0.5, 0.6) is 0 Å². The summed E-state index contributed by atoms with van der Waals surface area (Å²) in [6.07, 6.45) is 4.47. The summed E-state index contributed by atoms with van der Waals surface area (Å²) < 4.78 is 5.87. The number of rotatable bonds is 6. The number of aromatic amines is 1. The smallest absolute Gasteiger partial charge is 0.0703 e. The second-order valence-electron chi connectivity index (χ2n) is 7.04. The summed E-state index contributed by atoms with van der Waals surface area (Å²) in [5.41, 5.74) is 4.72. The van der Waals surface area contributed by atoms with Crippen LogP contribution in [0.2, 0.25) is 5.02 Å². The lowest BCUT2D eigenvalue weighted by atomic mass is 10.1. The van der Waals surface area contributed by atoms with E-state index in [0.29, 0.717) is 6.10 Å². The number of hydrogen-bond donors (Lipinski definition) is 1. The molecule has 3 heterocycles. The van der Waals surface area contributed by atoms with E-state index in [0.717, 1.165) is 55.3 Å². The third-order valence-electron chi connectivity index (χ3n) is 5.10. The zero-order valence-electron chi connectivity index (χ0n) is 15.0. The van der Waals surface area contributed by atoms with Crippen LogP contribution in [-0.2, 0) is 17.8 Å². The van der Waals surface area contributed by atoms with Crippen molar-refractivity contribution in [3.63, 3.8) is 0 Å². The number of hydrogen-bond acceptors (Lipinski definition) is 3. The molecule has 1 aliphatic rings. The highest BCUT2D eigenvalue weighted by Gasteiger charge is 2.21. The largest absolute Gasteiger partial charge is 0.377 e. The van der Waals surface area contributed by atoms with E-state index >= 15 is 0 Å². The van der Waals surface area contributed by atoms with Gasteiger partial charge in [-0.1, -0.05) is 17.7 Å². The topological polar surface area (TPSA) is 41.2 Å². The van der Waals surface area contributed by atoms with Crippen molar-refractivity contribution < 1.29 is 4.74 Å². The summed E-state index contributed by atoms with van der Waals surface area (Å²) in [4.78, 5) is 10.5. The molecule has 0 saturated carbocycles. The van der Waals surface area contributed by atoms with Crippen LogP contribution in [0.4, 0.5) is 0 Å². The Bertz CT molecular complexity index is 872. The van der Waals surface area contributed by atoms with E-state index in [2.05, 4.69) is 33.9 Å². The second kappa shape index (κ2) is 7.78. The molecule has 0 bridgehead atoms. The van der Waals surface area contributed by atoms with E-state index in [9.17, 15) is 0 Å². The molecule has 0 aliphatic carbocycles. The molecular weight excluding hydrogens is 346 g/mol. The van der Waals surface area contributed by atoms with Gasteiger partial charge in [0.2, 0.25) is 0 Å². The molecular formula is C21H24ClN3O. The van der Waals surface area contributed by atoms with Crippen molar-refractivity contribution in [3.8, 4) is 0 Å². The minimum atomic E-state index is 0.317. The van der Waals surface area contributed by atoms with Crippen molar-refractivity contribution in [2.24, 2.45) is 0 Å². The Morgan fingerprint density at radius 3 is 2.96 bits per heavy atom. The van der Waals surface area contributed by atoms with E-state index in [1.807, 2.05) is 30.5 Å². The van der Waals surface area contributed by atoms with E-state index in [4.69, 9.17) is 16.3 Å². The van der Waals surface area contributed by atoms with Crippen molar-refractivity contribution in [2.45, 2.75) is 39.0 Å². The first-order chi connectivity index (χ1) is 12.7. The highest BCUT2D eigenvalue weighted by molar-refractivity contribution is 6.31. The van der Waals surface area contributed by atoms with Gasteiger partial charge < -0.3 is 9.72 Å². The predicted octanol–water partition coefficient (Wildman–Crippen LogP) is 4.71. The standard InChI is InChI=1S/C21H24ClN3O/c1-15-19-11-16(22)7-8-20(19)24-21(15)14-25(13-18-6-4-10-26-18)12-17-5-2-3-9-23-17/h2-3,5,7-9,11,18,24H,4,6,10,12-14H2,1H3. The minimum absolute atomic E-state index is 0.317. The Kier molecular flexibility index (Phi) is 5.25. The molecule has 3 aromatic rings. The SMILES string of the molecule is Cc1c(CN(Cc2ccccn2)CC2CCCO2)[nH]c2ccc(Cl)cc12. The van der Waals surface area contributed by atoms with Crippen molar-refractivity contribution >= 4 is 22.5 Å². The summed E-state index contributed by atoms with van der Waals surface area (Å²) in [6, 6.07) is 12.1. The van der Waals surface area contributed by atoms with Gasteiger partial charge in [0.25, 0.3) is 0 Å². The maximum atomic E-state index is 6.18. The van der Waals surface area contributed by atoms with Gasteiger partial charge in [-0.2, -0.15) is 0 Å². The molecule has 2 aromatic heterocycles. The van der Waals surface area contributed by atoms with Gasteiger partial charge in [-0.05, 0) is 55.7 Å². The van der Waals surface area contributed by atoms with E-state index in [1.54, 1.807) is 0 Å². The van der Waals surface area contributed by atoms with E-state index in [-0.39, 0.29) is 0 Å². The third-order valence-corrected chi connectivity index (χ3v) is 5.34. The van der Waals surface area contributed by atoms with Gasteiger partial charge in [-0.25, -0.2) is 0 Å². The van der Waals surface area contributed by atoms with E-state index < -0.39 is 0 Å². The number of nitrogens with one attached hydrogen (secondary N) is 1. The Morgan fingerprint density at radius 2 is 2.19 bits per heavy atom. The van der Waals surface area contributed by atoms with Crippen molar-refractivity contribution in [3.05, 3.63) is 64.6 Å². The van der Waals surface area contributed by atoms with Crippen molar-refractivity contribution in [1.82, 2.24) is 14.9 Å². The minimum Gasteiger partial charge on any atom is -0.377 e. The fourth-order valence-corrected chi connectivity index (χ4v) is 3.89. The monoisotopic (exact) mass is 369 g/mol. The molecule has 4 nitrogen and oxygen atoms in total. The fraction of sp³-hybridized carbons (Fsp3) is 0.381. The van der Waals surface area contributed by atoms with Crippen LogP contribution in [-0.4, -0.2) is 34.1 Å². The Morgan fingerprint density at radius 1 is 1.27 bits per heavy atom. The van der Waals surface area contributed by atoms with Gasteiger partial charge in [0, 0.05) is 54.1 Å². The normalized spacial score (nSPS) is 17.4. The summed E-state index contributed by atoms with van der Waals surface area (Å²) in [5.74, 6) is 0. The number of pyridine rings is 1. The van der Waals surface area contributed by atoms with Crippen LogP contribution in [0.25, 0.3) is 10.9 Å². The Hall–Kier alpha value is -1.88. The molecule has 1 aliphatic heterocycles. The number of aromatic nitrogens is 2. The molecule has 1 N–H and O–H groups in total. The van der Waals surface area contributed by atoms with E-state index in [1.165, 1.54) is 16.6 Å². The summed E-state index contributed by atoms with van der Waals surface area (Å²) in [6.45, 7) is 5.62. The number of aryl methyl sites for hydroxylation is 1. The van der Waals surface area contributed by atoms with Gasteiger partial charge >= 0.3 is 0 Å². The molecule has 1 unspecified atom stereocenters. The van der Waals surface area contributed by atoms with Crippen LogP contribution < -0.4 is 0 Å². The van der Waals surface area contributed by atoms with Gasteiger partial charge in [0.1, 0.15) is 0 Å². The number of ether oxygens (including phenoxy) is 1. The maximum Gasteiger partial charge on any atom is 0.0703 e. The molecule has 26 heavy (non-hydrogen) atoms. The van der Waals surface area contributed by atoms with Crippen LogP contribution >= 0.6 is 11.6 Å². The highest BCUT2D eigenvalue weighted by Crippen LogP contribution is 2.26. The molecule has 0 radical (unpaired) electrons. The Labute approximate surface area is 159 Å². The van der Waals surface area contributed by atoms with Crippen molar-refractivity contribution in [1.29, 1.82) is 0 Å². The molecule has 1 fully saturated rings. The first-order valence-corrected chi connectivity index (χ1v) is 9.57. The number of H-pyrrole nitrogens is 1. The Balaban J connectivity index is 1.58. The summed E-state index contributed by atoms with van der Waals surface area (Å²) >= 11 is 6.18. The first-order valence-electron chi connectivity index (χ1n) is 9.19. The summed E-state index contributed by atoms with van der Waals surface area (Å²) in [7, 11) is 0. The molecule has 5 heteroatoms. The van der Waals surface area contributed by atoms with Gasteiger partial charge in [0.15, 0.2) is 0 Å². The van der Waals surface area contributed by atoms with Crippen molar-refractivity contribution in [2.75, 3.05) is 13.2 Å². The van der Waals surface area contributed by atoms with Gasteiger partial charge in [0.05, 0.1) is 11.8 Å². The molecule has 0 amide bonds. The highest BCUT2D eigenvalue weighted by atomic mass is 35.5. The fourth-order valence-electron chi connectivity index (χ4n) is 3.72. The molecule has 1 atom stereocenters. The number of nitrogens with zero attached hydrogens (tertiary/aromatic N) is 2. The summed E-state index contributed by atoms with van der Waals surface area (Å²) in [5, 5.41) is 1.97. The zero-order chi connectivity index (χ0) is 17.9. The molecule has 1 aromatic carbocycles. The number of halogens is 1. The van der Waals surface area contributed by atoms with Crippen LogP contribution in [0.3, 0.4) is 0 Å². The average Bonchev–Trinajstić information content (AvgIpc) is 3.25. The molecule has 1 saturated heterocycles. The zero-order valence-corrected chi connectivity index (χ0v) is 15.8.